The number of para-hydroxylation sites is 1. The molecule has 0 aliphatic carbocycles. The molecule has 56 heavy (non-hydrogen) atoms. The summed E-state index contributed by atoms with van der Waals surface area (Å²) in [7, 11) is 0. The van der Waals surface area contributed by atoms with Crippen LogP contribution in [0.1, 0.15) is 0 Å². The maximum Gasteiger partial charge on any atom is 0.180 e. The third kappa shape index (κ3) is 5.41. The van der Waals surface area contributed by atoms with Gasteiger partial charge >= 0.3 is 0 Å². The van der Waals surface area contributed by atoms with Crippen molar-refractivity contribution in [2.75, 3.05) is 0 Å². The first kappa shape index (κ1) is 31.7. The molecule has 0 saturated heterocycles. The fourth-order valence-electron chi connectivity index (χ4n) is 7.48. The van der Waals surface area contributed by atoms with Crippen molar-refractivity contribution in [1.82, 2.24) is 24.9 Å². The molecule has 262 valence electrons. The third-order valence-corrected chi connectivity index (χ3v) is 10.2. The fourth-order valence-corrected chi connectivity index (χ4v) is 7.48. The number of nitrogens with zero attached hydrogens (tertiary/aromatic N) is 5. The Morgan fingerprint density at radius 3 is 1.61 bits per heavy atom. The summed E-state index contributed by atoms with van der Waals surface area (Å²) in [6.07, 6.45) is 0. The fraction of sp³-hybridized carbons (Fsp3) is 0. The van der Waals surface area contributed by atoms with E-state index in [2.05, 4.69) is 54.6 Å². The maximum atomic E-state index is 6.56. The first-order valence-corrected chi connectivity index (χ1v) is 18.4. The molecule has 7 nitrogen and oxygen atoms in total. The van der Waals surface area contributed by atoms with Crippen LogP contribution in [0, 0.1) is 0 Å². The van der Waals surface area contributed by atoms with Crippen LogP contribution in [-0.4, -0.2) is 24.9 Å². The van der Waals surface area contributed by atoms with Crippen LogP contribution in [0.3, 0.4) is 0 Å². The molecule has 0 radical (unpaired) electrons. The van der Waals surface area contributed by atoms with Crippen molar-refractivity contribution in [2.24, 2.45) is 0 Å². The second kappa shape index (κ2) is 13.0. The van der Waals surface area contributed by atoms with E-state index in [0.717, 1.165) is 83.1 Å². The molecule has 0 fully saturated rings. The van der Waals surface area contributed by atoms with E-state index in [1.807, 2.05) is 121 Å². The molecule has 7 heteroatoms. The van der Waals surface area contributed by atoms with Gasteiger partial charge in [0.05, 0.1) is 0 Å². The van der Waals surface area contributed by atoms with E-state index < -0.39 is 0 Å². The molecule has 0 atom stereocenters. The van der Waals surface area contributed by atoms with Crippen molar-refractivity contribution < 1.29 is 8.83 Å². The van der Waals surface area contributed by atoms with Gasteiger partial charge in [0, 0.05) is 44.0 Å². The first-order chi connectivity index (χ1) is 27.7. The molecule has 0 N–H and O–H groups in total. The number of furan rings is 2. The lowest BCUT2D eigenvalue weighted by Gasteiger charge is -2.09. The van der Waals surface area contributed by atoms with Crippen LogP contribution in [0.5, 0.6) is 0 Å². The number of hydrogen-bond donors (Lipinski definition) is 0. The van der Waals surface area contributed by atoms with Crippen molar-refractivity contribution >= 4 is 44.0 Å². The Kier molecular flexibility index (Phi) is 7.35. The van der Waals surface area contributed by atoms with E-state index in [-0.39, 0.29) is 0 Å². The second-order valence-corrected chi connectivity index (χ2v) is 13.6. The van der Waals surface area contributed by atoms with Gasteiger partial charge in [-0.05, 0) is 47.5 Å². The average Bonchev–Trinajstić information content (AvgIpc) is 3.85. The Hall–Kier alpha value is -7.77. The van der Waals surface area contributed by atoms with Crippen LogP contribution < -0.4 is 0 Å². The molecule has 0 spiro atoms. The molecule has 0 saturated carbocycles. The highest BCUT2D eigenvalue weighted by atomic mass is 16.3. The van der Waals surface area contributed by atoms with Crippen LogP contribution in [0.4, 0.5) is 0 Å². The summed E-state index contributed by atoms with van der Waals surface area (Å²) < 4.78 is 12.9. The topological polar surface area (TPSA) is 90.7 Å². The van der Waals surface area contributed by atoms with Gasteiger partial charge < -0.3 is 8.83 Å². The maximum absolute atomic E-state index is 6.56. The van der Waals surface area contributed by atoms with Crippen molar-refractivity contribution in [3.05, 3.63) is 176 Å². The van der Waals surface area contributed by atoms with Gasteiger partial charge in [-0.3, -0.25) is 0 Å². The normalized spacial score (nSPS) is 11.6. The zero-order chi connectivity index (χ0) is 37.0. The Balaban J connectivity index is 1.03. The largest absolute Gasteiger partial charge is 0.456 e. The van der Waals surface area contributed by atoms with Crippen LogP contribution in [0.25, 0.3) is 112 Å². The number of hydrogen-bond acceptors (Lipinski definition) is 7. The zero-order valence-corrected chi connectivity index (χ0v) is 29.8. The van der Waals surface area contributed by atoms with E-state index in [1.165, 1.54) is 0 Å². The molecule has 11 aromatic rings. The molecular formula is C49H29N5O2. The van der Waals surface area contributed by atoms with Gasteiger partial charge in [-0.2, -0.15) is 0 Å². The van der Waals surface area contributed by atoms with Gasteiger partial charge in [-0.15, -0.1) is 0 Å². The van der Waals surface area contributed by atoms with Crippen molar-refractivity contribution in [2.45, 2.75) is 0 Å². The minimum atomic E-state index is 0.574. The third-order valence-electron chi connectivity index (χ3n) is 10.2. The molecule has 0 aliphatic rings. The highest BCUT2D eigenvalue weighted by molar-refractivity contribution is 6.13. The number of benzene rings is 7. The Labute approximate surface area is 320 Å². The summed E-state index contributed by atoms with van der Waals surface area (Å²) in [6, 6.07) is 58.9. The molecule has 0 unspecified atom stereocenters. The monoisotopic (exact) mass is 719 g/mol. The minimum Gasteiger partial charge on any atom is -0.456 e. The summed E-state index contributed by atoms with van der Waals surface area (Å²) in [6.45, 7) is 0. The summed E-state index contributed by atoms with van der Waals surface area (Å²) in [5, 5.41) is 2.98. The first-order valence-electron chi connectivity index (χ1n) is 18.4. The molecule has 0 aliphatic heterocycles. The summed E-state index contributed by atoms with van der Waals surface area (Å²) >= 11 is 0. The number of fused-ring (bicyclic) bond motifs is 6. The van der Waals surface area contributed by atoms with Gasteiger partial charge in [-0.25, -0.2) is 24.9 Å². The summed E-state index contributed by atoms with van der Waals surface area (Å²) in [4.78, 5) is 25.0. The van der Waals surface area contributed by atoms with Crippen molar-refractivity contribution in [1.29, 1.82) is 0 Å². The Morgan fingerprint density at radius 2 is 0.875 bits per heavy atom. The van der Waals surface area contributed by atoms with E-state index in [1.54, 1.807) is 0 Å². The minimum absolute atomic E-state index is 0.574. The lowest BCUT2D eigenvalue weighted by molar-refractivity contribution is 0.667. The van der Waals surface area contributed by atoms with Crippen LogP contribution in [-0.2, 0) is 0 Å². The molecule has 0 amide bonds. The van der Waals surface area contributed by atoms with E-state index in [0.29, 0.717) is 28.9 Å². The molecule has 4 heterocycles. The standard InChI is InChI=1S/C49H29N5O2/c1-4-14-30(15-5-1)43-45-44(38-22-10-11-24-39(38)56-45)51-48(50-43)34-21-12-20-33(28-34)36-23-13-25-40-42(36)37-27-26-35(29-41(37)55-40)49-53-46(31-16-6-2-7-17-31)52-47(54-49)32-18-8-3-9-19-32/h1-29H. The van der Waals surface area contributed by atoms with Gasteiger partial charge in [0.2, 0.25) is 0 Å². The van der Waals surface area contributed by atoms with Crippen LogP contribution >= 0.6 is 0 Å². The Bertz CT molecular complexity index is 3190. The highest BCUT2D eigenvalue weighted by Crippen LogP contribution is 2.40. The molecule has 7 aromatic carbocycles. The van der Waals surface area contributed by atoms with E-state index >= 15 is 0 Å². The molecule has 11 rings (SSSR count). The smallest absolute Gasteiger partial charge is 0.180 e. The molecular weight excluding hydrogens is 691 g/mol. The predicted molar refractivity (Wildman–Crippen MR) is 223 cm³/mol. The van der Waals surface area contributed by atoms with Crippen LogP contribution in [0.2, 0.25) is 0 Å². The SMILES string of the molecule is c1ccc(-c2nc(-c3ccccc3)nc(-c3ccc4c(c3)oc3cccc(-c5cccc(-c6nc(-c7ccccc7)c7oc8ccccc8c7n6)c5)c34)n2)cc1. The second-order valence-electron chi connectivity index (χ2n) is 13.6. The predicted octanol–water partition coefficient (Wildman–Crippen LogP) is 12.5. The lowest BCUT2D eigenvalue weighted by atomic mass is 9.97. The lowest BCUT2D eigenvalue weighted by Crippen LogP contribution is -2.00. The van der Waals surface area contributed by atoms with Gasteiger partial charge in [-0.1, -0.05) is 140 Å². The molecule has 0 bridgehead atoms. The summed E-state index contributed by atoms with van der Waals surface area (Å²) in [5.41, 5.74) is 11.2. The highest BCUT2D eigenvalue weighted by Gasteiger charge is 2.20. The molecule has 4 aromatic heterocycles. The van der Waals surface area contributed by atoms with E-state index in [9.17, 15) is 0 Å². The van der Waals surface area contributed by atoms with E-state index in [4.69, 9.17) is 33.8 Å². The quantitative estimate of drug-likeness (QED) is 0.169. The summed E-state index contributed by atoms with van der Waals surface area (Å²) in [5.74, 6) is 2.42. The Morgan fingerprint density at radius 1 is 0.321 bits per heavy atom. The van der Waals surface area contributed by atoms with Crippen molar-refractivity contribution in [3.8, 4) is 67.9 Å². The van der Waals surface area contributed by atoms with Gasteiger partial charge in [0.1, 0.15) is 28.0 Å². The average molecular weight is 720 g/mol. The van der Waals surface area contributed by atoms with Crippen molar-refractivity contribution in [3.63, 3.8) is 0 Å². The van der Waals surface area contributed by atoms with Crippen LogP contribution in [0.15, 0.2) is 185 Å². The number of aromatic nitrogens is 5. The zero-order valence-electron chi connectivity index (χ0n) is 29.8. The van der Waals surface area contributed by atoms with Gasteiger partial charge in [0.25, 0.3) is 0 Å². The van der Waals surface area contributed by atoms with Gasteiger partial charge in [0.15, 0.2) is 28.9 Å². The number of rotatable bonds is 6.